The number of nitrogens with two attached hydrogens (primary N) is 1. The summed E-state index contributed by atoms with van der Waals surface area (Å²) < 4.78 is 2.99. The van der Waals surface area contributed by atoms with Gasteiger partial charge in [-0.1, -0.05) is 0 Å². The minimum absolute atomic E-state index is 0.122. The predicted octanol–water partition coefficient (Wildman–Crippen LogP) is -0.705. The quantitative estimate of drug-likeness (QED) is 0.429. The van der Waals surface area contributed by atoms with Crippen molar-refractivity contribution in [2.45, 2.75) is 6.54 Å². The number of hydrogen-bond acceptors (Lipinski definition) is 5. The van der Waals surface area contributed by atoms with Crippen LogP contribution in [0, 0.1) is 0 Å². The number of aromatic nitrogens is 3. The zero-order valence-corrected chi connectivity index (χ0v) is 9.90. The lowest BCUT2D eigenvalue weighted by Gasteiger charge is -1.96. The molecule has 3 N–H and O–H groups in total. The van der Waals surface area contributed by atoms with Crippen LogP contribution in [0.2, 0.25) is 0 Å². The molecule has 2 aromatic heterocycles. The first kappa shape index (κ1) is 11.6. The Labute approximate surface area is 100 Å². The van der Waals surface area contributed by atoms with Crippen molar-refractivity contribution in [2.24, 2.45) is 12.9 Å². The first-order chi connectivity index (χ1) is 8.11. The van der Waals surface area contributed by atoms with Gasteiger partial charge < -0.3 is 4.57 Å². The molecule has 0 aromatic carbocycles. The summed E-state index contributed by atoms with van der Waals surface area (Å²) in [6.07, 6.45) is 3.34. The first-order valence-corrected chi connectivity index (χ1v) is 5.67. The van der Waals surface area contributed by atoms with Crippen LogP contribution in [0.1, 0.15) is 15.5 Å². The van der Waals surface area contributed by atoms with Crippen molar-refractivity contribution < 1.29 is 4.79 Å². The van der Waals surface area contributed by atoms with Crippen LogP contribution in [0.25, 0.3) is 0 Å². The molecule has 2 heterocycles. The van der Waals surface area contributed by atoms with Crippen molar-refractivity contribution in [3.8, 4) is 0 Å². The summed E-state index contributed by atoms with van der Waals surface area (Å²) in [5.41, 5.74) is 2.54. The highest BCUT2D eigenvalue weighted by Crippen LogP contribution is 2.10. The lowest BCUT2D eigenvalue weighted by molar-refractivity contribution is 0.0953. The third-order valence-electron chi connectivity index (χ3n) is 2.23. The SMILES string of the molecule is Cn1ccn(Cc2csc(C(=O)NN)n2)c1=O. The van der Waals surface area contributed by atoms with Crippen LogP contribution < -0.4 is 17.0 Å². The molecule has 0 fully saturated rings. The second-order valence-electron chi connectivity index (χ2n) is 3.44. The molecule has 1 amide bonds. The van der Waals surface area contributed by atoms with E-state index in [0.29, 0.717) is 12.2 Å². The summed E-state index contributed by atoms with van der Waals surface area (Å²) in [5, 5.41) is 2.01. The molecule has 0 aliphatic rings. The number of aryl methyl sites for hydroxylation is 1. The number of imidazole rings is 1. The molecule has 0 bridgehead atoms. The summed E-state index contributed by atoms with van der Waals surface area (Å²) in [7, 11) is 1.67. The smallest absolute Gasteiger partial charge is 0.302 e. The Morgan fingerprint density at radius 1 is 1.59 bits per heavy atom. The van der Waals surface area contributed by atoms with Crippen LogP contribution in [0.3, 0.4) is 0 Å². The molecule has 0 aliphatic heterocycles. The Bertz CT molecular complexity index is 597. The van der Waals surface area contributed by atoms with Crippen LogP contribution in [0.4, 0.5) is 0 Å². The van der Waals surface area contributed by atoms with Crippen LogP contribution in [0.5, 0.6) is 0 Å². The van der Waals surface area contributed by atoms with Crippen LogP contribution in [-0.4, -0.2) is 20.0 Å². The zero-order chi connectivity index (χ0) is 12.4. The second kappa shape index (κ2) is 4.52. The molecule has 90 valence electrons. The number of carbonyl (C=O) groups excluding carboxylic acids is 1. The highest BCUT2D eigenvalue weighted by molar-refractivity contribution is 7.11. The number of hydrogen-bond donors (Lipinski definition) is 2. The number of thiazole rings is 1. The van der Waals surface area contributed by atoms with Crippen molar-refractivity contribution in [2.75, 3.05) is 0 Å². The Balaban J connectivity index is 2.20. The fourth-order valence-electron chi connectivity index (χ4n) is 1.35. The van der Waals surface area contributed by atoms with Gasteiger partial charge in [0.1, 0.15) is 0 Å². The summed E-state index contributed by atoms with van der Waals surface area (Å²) in [6, 6.07) is 0. The van der Waals surface area contributed by atoms with Gasteiger partial charge >= 0.3 is 5.69 Å². The lowest BCUT2D eigenvalue weighted by atomic mass is 10.5. The van der Waals surface area contributed by atoms with Crippen LogP contribution >= 0.6 is 11.3 Å². The van der Waals surface area contributed by atoms with Gasteiger partial charge in [-0.3, -0.25) is 14.8 Å². The van der Waals surface area contributed by atoms with E-state index in [4.69, 9.17) is 5.84 Å². The number of amides is 1. The number of hydrazine groups is 1. The molecule has 0 aliphatic carbocycles. The Kier molecular flexibility index (Phi) is 3.07. The van der Waals surface area contributed by atoms with Gasteiger partial charge in [-0.15, -0.1) is 11.3 Å². The normalized spacial score (nSPS) is 10.5. The van der Waals surface area contributed by atoms with Gasteiger partial charge in [0.2, 0.25) is 0 Å². The Morgan fingerprint density at radius 2 is 2.35 bits per heavy atom. The highest BCUT2D eigenvalue weighted by atomic mass is 32.1. The van der Waals surface area contributed by atoms with Gasteiger partial charge in [-0.25, -0.2) is 15.6 Å². The molecule has 0 saturated heterocycles. The summed E-state index contributed by atoms with van der Waals surface area (Å²) in [4.78, 5) is 26.8. The van der Waals surface area contributed by atoms with E-state index in [9.17, 15) is 9.59 Å². The standard InChI is InChI=1S/C9H11N5O2S/c1-13-2-3-14(9(13)16)4-6-5-17-8(11-6)7(15)12-10/h2-3,5H,4,10H2,1H3,(H,12,15). The maximum atomic E-state index is 11.6. The van der Waals surface area contributed by atoms with Gasteiger partial charge in [0.05, 0.1) is 12.2 Å². The molecule has 7 nitrogen and oxygen atoms in total. The van der Waals surface area contributed by atoms with Crippen molar-refractivity contribution in [3.63, 3.8) is 0 Å². The maximum Gasteiger partial charge on any atom is 0.328 e. The van der Waals surface area contributed by atoms with E-state index in [0.717, 1.165) is 0 Å². The third kappa shape index (κ3) is 2.27. The van der Waals surface area contributed by atoms with Gasteiger partial charge in [-0.2, -0.15) is 0 Å². The molecule has 0 radical (unpaired) electrons. The average Bonchev–Trinajstić information content (AvgIpc) is 2.91. The number of nitrogens with zero attached hydrogens (tertiary/aromatic N) is 3. The lowest BCUT2D eigenvalue weighted by Crippen LogP contribution is -2.30. The van der Waals surface area contributed by atoms with E-state index in [1.54, 1.807) is 24.8 Å². The fourth-order valence-corrected chi connectivity index (χ4v) is 2.06. The molecule has 0 unspecified atom stereocenters. The van der Waals surface area contributed by atoms with Gasteiger partial charge in [0.15, 0.2) is 5.01 Å². The zero-order valence-electron chi connectivity index (χ0n) is 9.08. The van der Waals surface area contributed by atoms with Gasteiger partial charge in [0.25, 0.3) is 5.91 Å². The number of nitrogen functional groups attached to an aromatic ring is 1. The predicted molar refractivity (Wildman–Crippen MR) is 62.5 cm³/mol. The number of rotatable bonds is 3. The number of nitrogens with one attached hydrogen (secondary N) is 1. The second-order valence-corrected chi connectivity index (χ2v) is 4.30. The Hall–Kier alpha value is -1.93. The third-order valence-corrected chi connectivity index (χ3v) is 3.12. The van der Waals surface area contributed by atoms with E-state index in [-0.39, 0.29) is 10.7 Å². The monoisotopic (exact) mass is 253 g/mol. The highest BCUT2D eigenvalue weighted by Gasteiger charge is 2.10. The number of carbonyl (C=O) groups is 1. The van der Waals surface area contributed by atoms with Gasteiger partial charge in [-0.05, 0) is 0 Å². The first-order valence-electron chi connectivity index (χ1n) is 4.79. The van der Waals surface area contributed by atoms with E-state index < -0.39 is 5.91 Å². The van der Waals surface area contributed by atoms with Gasteiger partial charge in [0, 0.05) is 24.8 Å². The van der Waals surface area contributed by atoms with Crippen LogP contribution in [0.15, 0.2) is 22.6 Å². The molecule has 0 spiro atoms. The van der Waals surface area contributed by atoms with Crippen molar-refractivity contribution in [1.82, 2.24) is 19.5 Å². The van der Waals surface area contributed by atoms with Crippen molar-refractivity contribution >= 4 is 17.2 Å². The largest absolute Gasteiger partial charge is 0.328 e. The molecule has 2 aromatic rings. The Morgan fingerprint density at radius 3 is 2.94 bits per heavy atom. The fraction of sp³-hybridized carbons (Fsp3) is 0.222. The average molecular weight is 253 g/mol. The molecule has 17 heavy (non-hydrogen) atoms. The maximum absolute atomic E-state index is 11.6. The molecule has 0 atom stereocenters. The minimum Gasteiger partial charge on any atom is -0.302 e. The van der Waals surface area contributed by atoms with Crippen molar-refractivity contribution in [3.05, 3.63) is 39.0 Å². The van der Waals surface area contributed by atoms with E-state index in [2.05, 4.69) is 4.98 Å². The summed E-state index contributed by atoms with van der Waals surface area (Å²) >= 11 is 1.19. The molecule has 2 rings (SSSR count). The topological polar surface area (TPSA) is 94.9 Å². The van der Waals surface area contributed by atoms with E-state index in [1.807, 2.05) is 5.43 Å². The van der Waals surface area contributed by atoms with E-state index >= 15 is 0 Å². The molecule has 8 heteroatoms. The molecular formula is C9H11N5O2S. The molecular weight excluding hydrogens is 242 g/mol. The summed E-state index contributed by atoms with van der Waals surface area (Å²) in [6.45, 7) is 0.341. The summed E-state index contributed by atoms with van der Waals surface area (Å²) in [5.74, 6) is 4.57. The minimum atomic E-state index is -0.429. The van der Waals surface area contributed by atoms with E-state index in [1.165, 1.54) is 20.5 Å². The van der Waals surface area contributed by atoms with Crippen LogP contribution in [-0.2, 0) is 13.6 Å². The molecule has 0 saturated carbocycles. The van der Waals surface area contributed by atoms with Crippen molar-refractivity contribution in [1.29, 1.82) is 0 Å².